The number of halogens is 4. The maximum absolute atomic E-state index is 12.9. The third kappa shape index (κ3) is 4.56. The summed E-state index contributed by atoms with van der Waals surface area (Å²) in [5.41, 5.74) is -0.961. The maximum atomic E-state index is 12.9. The van der Waals surface area contributed by atoms with Crippen LogP contribution in [-0.4, -0.2) is 18.5 Å². The van der Waals surface area contributed by atoms with Crippen molar-refractivity contribution in [3.05, 3.63) is 40.9 Å². The molecule has 20 heavy (non-hydrogen) atoms. The molecule has 0 aromatic heterocycles. The molecule has 1 aromatic carbocycles. The Hall–Kier alpha value is -1.50. The van der Waals surface area contributed by atoms with E-state index in [4.69, 9.17) is 0 Å². The molecular formula is C13H14BrF3N2O. The topological polar surface area (TPSA) is 41.1 Å². The van der Waals surface area contributed by atoms with E-state index in [9.17, 15) is 18.0 Å². The predicted molar refractivity (Wildman–Crippen MR) is 75.4 cm³/mol. The van der Waals surface area contributed by atoms with Crippen molar-refractivity contribution in [2.75, 3.05) is 11.9 Å². The van der Waals surface area contributed by atoms with Crippen LogP contribution in [0.5, 0.6) is 0 Å². The lowest BCUT2D eigenvalue weighted by atomic mass is 10.1. The van der Waals surface area contributed by atoms with Crippen LogP contribution in [0.25, 0.3) is 0 Å². The second-order valence-electron chi connectivity index (χ2n) is 4.09. The van der Waals surface area contributed by atoms with E-state index in [-0.39, 0.29) is 12.2 Å². The third-order valence-electron chi connectivity index (χ3n) is 2.47. The van der Waals surface area contributed by atoms with Gasteiger partial charge in [-0.1, -0.05) is 22.0 Å². The zero-order chi connectivity index (χ0) is 15.3. The monoisotopic (exact) mass is 350 g/mol. The Labute approximate surface area is 123 Å². The number of amides is 1. The molecule has 1 unspecified atom stereocenters. The molecule has 0 radical (unpaired) electrons. The smallest absolute Gasteiger partial charge is 0.373 e. The van der Waals surface area contributed by atoms with Crippen LogP contribution in [0.15, 0.2) is 35.3 Å². The highest BCUT2D eigenvalue weighted by atomic mass is 79.9. The molecule has 3 nitrogen and oxygen atoms in total. The highest BCUT2D eigenvalue weighted by Crippen LogP contribution is 2.36. The molecule has 1 amide bonds. The minimum Gasteiger partial charge on any atom is -0.373 e. The summed E-state index contributed by atoms with van der Waals surface area (Å²) in [6, 6.07) is 2.93. The first-order valence-corrected chi connectivity index (χ1v) is 6.57. The van der Waals surface area contributed by atoms with Crippen LogP contribution < -0.4 is 10.6 Å². The van der Waals surface area contributed by atoms with Gasteiger partial charge >= 0.3 is 6.18 Å². The second kappa shape index (κ2) is 6.78. The standard InChI is InChI=1S/C13H14BrF3N2O/c1-3-6-18-12(20)8(2)19-11-5-4-9(14)7-10(11)13(15,16)17/h3-5,7-8,19H,1,6H2,2H3,(H,18,20). The summed E-state index contributed by atoms with van der Waals surface area (Å²) in [5, 5.41) is 5.08. The summed E-state index contributed by atoms with van der Waals surface area (Å²) in [4.78, 5) is 11.6. The average molecular weight is 351 g/mol. The summed E-state index contributed by atoms with van der Waals surface area (Å²) in [6.45, 7) is 5.19. The lowest BCUT2D eigenvalue weighted by Crippen LogP contribution is -2.38. The minimum absolute atomic E-state index is 0.137. The van der Waals surface area contributed by atoms with Gasteiger partial charge in [-0.2, -0.15) is 13.2 Å². The minimum atomic E-state index is -4.50. The number of nitrogens with one attached hydrogen (secondary N) is 2. The van der Waals surface area contributed by atoms with Gasteiger partial charge in [-0.05, 0) is 25.1 Å². The van der Waals surface area contributed by atoms with Gasteiger partial charge in [-0.15, -0.1) is 6.58 Å². The molecule has 0 aliphatic heterocycles. The van der Waals surface area contributed by atoms with Gasteiger partial charge in [0.1, 0.15) is 6.04 Å². The first kappa shape index (κ1) is 16.6. The van der Waals surface area contributed by atoms with Gasteiger partial charge in [0.15, 0.2) is 0 Å². The fourth-order valence-electron chi connectivity index (χ4n) is 1.50. The number of hydrogen-bond donors (Lipinski definition) is 2. The molecular weight excluding hydrogens is 337 g/mol. The van der Waals surface area contributed by atoms with Crippen LogP contribution >= 0.6 is 15.9 Å². The molecule has 110 valence electrons. The molecule has 0 aliphatic carbocycles. The lowest BCUT2D eigenvalue weighted by Gasteiger charge is -2.19. The molecule has 2 N–H and O–H groups in total. The van der Waals surface area contributed by atoms with Crippen molar-refractivity contribution in [2.24, 2.45) is 0 Å². The zero-order valence-corrected chi connectivity index (χ0v) is 12.3. The molecule has 7 heteroatoms. The van der Waals surface area contributed by atoms with Gasteiger partial charge in [0.2, 0.25) is 5.91 Å². The van der Waals surface area contributed by atoms with E-state index < -0.39 is 23.7 Å². The average Bonchev–Trinajstić information content (AvgIpc) is 2.36. The number of carbonyl (C=O) groups excluding carboxylic acids is 1. The highest BCUT2D eigenvalue weighted by Gasteiger charge is 2.34. The van der Waals surface area contributed by atoms with Crippen LogP contribution in [0.4, 0.5) is 18.9 Å². The lowest BCUT2D eigenvalue weighted by molar-refractivity contribution is -0.137. The molecule has 0 aliphatic rings. The summed E-state index contributed by atoms with van der Waals surface area (Å²) in [7, 11) is 0. The van der Waals surface area contributed by atoms with Crippen molar-refractivity contribution < 1.29 is 18.0 Å². The molecule has 1 aromatic rings. The van der Waals surface area contributed by atoms with E-state index in [1.807, 2.05) is 0 Å². The first-order valence-electron chi connectivity index (χ1n) is 5.77. The predicted octanol–water partition coefficient (Wildman–Crippen LogP) is 3.57. The summed E-state index contributed by atoms with van der Waals surface area (Å²) < 4.78 is 39.0. The maximum Gasteiger partial charge on any atom is 0.418 e. The summed E-state index contributed by atoms with van der Waals surface area (Å²) >= 11 is 3.00. The number of carbonyl (C=O) groups is 1. The number of anilines is 1. The van der Waals surface area contributed by atoms with Crippen molar-refractivity contribution in [3.63, 3.8) is 0 Å². The molecule has 0 spiro atoms. The second-order valence-corrected chi connectivity index (χ2v) is 5.00. The fraction of sp³-hybridized carbons (Fsp3) is 0.308. The van der Waals surface area contributed by atoms with E-state index >= 15 is 0 Å². The zero-order valence-electron chi connectivity index (χ0n) is 10.7. The van der Waals surface area contributed by atoms with E-state index in [2.05, 4.69) is 33.1 Å². The van der Waals surface area contributed by atoms with Gasteiger partial charge in [0.25, 0.3) is 0 Å². The molecule has 0 fully saturated rings. The van der Waals surface area contributed by atoms with Gasteiger partial charge in [0.05, 0.1) is 5.56 Å². The normalized spacial score (nSPS) is 12.7. The molecule has 0 heterocycles. The van der Waals surface area contributed by atoms with Crippen molar-refractivity contribution in [1.29, 1.82) is 0 Å². The van der Waals surface area contributed by atoms with Gasteiger partial charge < -0.3 is 10.6 Å². The Balaban J connectivity index is 2.92. The number of benzene rings is 1. The summed E-state index contributed by atoms with van der Waals surface area (Å²) in [6.07, 6.45) is -3.01. The van der Waals surface area contributed by atoms with Crippen LogP contribution in [0.1, 0.15) is 12.5 Å². The van der Waals surface area contributed by atoms with Crippen molar-refractivity contribution in [2.45, 2.75) is 19.1 Å². The molecule has 0 saturated carbocycles. The molecule has 1 rings (SSSR count). The van der Waals surface area contributed by atoms with Crippen LogP contribution in [0.3, 0.4) is 0 Å². The van der Waals surface area contributed by atoms with Crippen molar-refractivity contribution in [1.82, 2.24) is 5.32 Å². The highest BCUT2D eigenvalue weighted by molar-refractivity contribution is 9.10. The van der Waals surface area contributed by atoms with E-state index in [1.165, 1.54) is 25.1 Å². The van der Waals surface area contributed by atoms with Gasteiger partial charge in [0, 0.05) is 16.7 Å². The van der Waals surface area contributed by atoms with E-state index in [0.717, 1.165) is 6.07 Å². The van der Waals surface area contributed by atoms with Crippen LogP contribution in [0, 0.1) is 0 Å². The van der Waals surface area contributed by atoms with E-state index in [0.29, 0.717) is 4.47 Å². The quantitative estimate of drug-likeness (QED) is 0.797. The number of hydrogen-bond acceptors (Lipinski definition) is 2. The largest absolute Gasteiger partial charge is 0.418 e. The molecule has 1 atom stereocenters. The Bertz CT molecular complexity index is 503. The Morgan fingerprint density at radius 3 is 2.70 bits per heavy atom. The van der Waals surface area contributed by atoms with Gasteiger partial charge in [-0.3, -0.25) is 4.79 Å². The van der Waals surface area contributed by atoms with E-state index in [1.54, 1.807) is 0 Å². The fourth-order valence-corrected chi connectivity index (χ4v) is 1.86. The van der Waals surface area contributed by atoms with Crippen LogP contribution in [0.2, 0.25) is 0 Å². The van der Waals surface area contributed by atoms with Gasteiger partial charge in [-0.25, -0.2) is 0 Å². The molecule has 0 saturated heterocycles. The molecule has 0 bridgehead atoms. The first-order chi connectivity index (χ1) is 9.25. The third-order valence-corrected chi connectivity index (χ3v) is 2.97. The van der Waals surface area contributed by atoms with Crippen LogP contribution in [-0.2, 0) is 11.0 Å². The van der Waals surface area contributed by atoms with Crippen molar-refractivity contribution in [3.8, 4) is 0 Å². The number of rotatable bonds is 5. The Morgan fingerprint density at radius 2 is 2.15 bits per heavy atom. The Kier molecular flexibility index (Phi) is 5.62. The van der Waals surface area contributed by atoms with Crippen molar-refractivity contribution >= 4 is 27.5 Å². The number of alkyl halides is 3. The SMILES string of the molecule is C=CCNC(=O)C(C)Nc1ccc(Br)cc1C(F)(F)F. The summed E-state index contributed by atoms with van der Waals surface area (Å²) in [5.74, 6) is -0.402. The Morgan fingerprint density at radius 1 is 1.50 bits per heavy atom.